The van der Waals surface area contributed by atoms with Crippen molar-refractivity contribution < 1.29 is 4.79 Å². The lowest BCUT2D eigenvalue weighted by atomic mass is 10.1. The van der Waals surface area contributed by atoms with Crippen LogP contribution in [-0.2, 0) is 17.8 Å². The Morgan fingerprint density at radius 3 is 2.61 bits per heavy atom. The third-order valence-electron chi connectivity index (χ3n) is 5.18. The lowest BCUT2D eigenvalue weighted by Gasteiger charge is -2.36. The zero-order valence-electron chi connectivity index (χ0n) is 17.2. The summed E-state index contributed by atoms with van der Waals surface area (Å²) in [6.07, 6.45) is 2.31. The van der Waals surface area contributed by atoms with Crippen molar-refractivity contribution in [3.05, 3.63) is 65.1 Å². The molecule has 3 aromatic rings. The summed E-state index contributed by atoms with van der Waals surface area (Å²) in [7, 11) is 1.76. The molecule has 1 saturated heterocycles. The first-order valence-electron chi connectivity index (χ1n) is 9.90. The molecule has 1 N–H and O–H groups in total. The number of benzene rings is 1. The molecule has 4 rings (SSSR count). The van der Waals surface area contributed by atoms with Crippen LogP contribution < -0.4 is 5.32 Å². The molecule has 1 aliphatic heterocycles. The van der Waals surface area contributed by atoms with Gasteiger partial charge in [-0.2, -0.15) is 0 Å². The average Bonchev–Trinajstić information content (AvgIpc) is 3.18. The third-order valence-corrected chi connectivity index (χ3v) is 5.41. The molecule has 2 aromatic heterocycles. The number of guanidine groups is 1. The number of rotatable bonds is 4. The molecule has 1 amide bonds. The minimum Gasteiger partial charge on any atom is -0.349 e. The number of nitrogens with zero attached hydrogens (tertiary/aromatic N) is 6. The van der Waals surface area contributed by atoms with Gasteiger partial charge in [-0.05, 0) is 29.8 Å². The normalized spacial score (nSPS) is 14.5. The first kappa shape index (κ1) is 23.3. The number of halogens is 2. The molecule has 0 atom stereocenters. The van der Waals surface area contributed by atoms with Gasteiger partial charge in [0.2, 0.25) is 5.91 Å². The molecule has 0 aliphatic carbocycles. The first-order valence-corrected chi connectivity index (χ1v) is 10.3. The maximum Gasteiger partial charge on any atom is 0.227 e. The Kier molecular flexibility index (Phi) is 8.08. The quantitative estimate of drug-likeness (QED) is 0.305. The van der Waals surface area contributed by atoms with Crippen molar-refractivity contribution >= 4 is 53.1 Å². The highest BCUT2D eigenvalue weighted by atomic mass is 127. The van der Waals surface area contributed by atoms with Gasteiger partial charge in [-0.1, -0.05) is 29.8 Å². The summed E-state index contributed by atoms with van der Waals surface area (Å²) in [5.74, 6) is 1.74. The predicted octanol–water partition coefficient (Wildman–Crippen LogP) is 2.46. The van der Waals surface area contributed by atoms with Gasteiger partial charge in [0, 0.05) is 44.4 Å². The molecule has 8 nitrogen and oxygen atoms in total. The Labute approximate surface area is 203 Å². The minimum atomic E-state index is 0. The fourth-order valence-corrected chi connectivity index (χ4v) is 3.82. The molecule has 0 bridgehead atoms. The van der Waals surface area contributed by atoms with E-state index in [2.05, 4.69) is 25.4 Å². The number of carbonyl (C=O) groups excluding carboxylic acids is 1. The van der Waals surface area contributed by atoms with Crippen molar-refractivity contribution in [2.45, 2.75) is 13.0 Å². The van der Waals surface area contributed by atoms with Gasteiger partial charge in [-0.3, -0.25) is 14.2 Å². The average molecular weight is 554 g/mol. The third kappa shape index (κ3) is 5.65. The Morgan fingerprint density at radius 2 is 1.87 bits per heavy atom. The van der Waals surface area contributed by atoms with Crippen molar-refractivity contribution in [2.24, 2.45) is 4.99 Å². The Bertz CT molecular complexity index is 1060. The second kappa shape index (κ2) is 10.8. The van der Waals surface area contributed by atoms with Crippen LogP contribution in [0.5, 0.6) is 0 Å². The number of aromatic nitrogens is 3. The molecule has 0 spiro atoms. The monoisotopic (exact) mass is 553 g/mol. The molecule has 1 aromatic carbocycles. The van der Waals surface area contributed by atoms with Crippen LogP contribution in [0.4, 0.5) is 0 Å². The molecule has 1 aliphatic rings. The lowest BCUT2D eigenvalue weighted by molar-refractivity contribution is -0.131. The summed E-state index contributed by atoms with van der Waals surface area (Å²) in [6.45, 7) is 3.29. The van der Waals surface area contributed by atoms with E-state index in [0.29, 0.717) is 31.1 Å². The van der Waals surface area contributed by atoms with Gasteiger partial charge < -0.3 is 15.1 Å². The van der Waals surface area contributed by atoms with Gasteiger partial charge >= 0.3 is 0 Å². The van der Waals surface area contributed by atoms with Crippen LogP contribution in [0.15, 0.2) is 53.7 Å². The van der Waals surface area contributed by atoms with Crippen LogP contribution in [0, 0.1) is 0 Å². The SMILES string of the molecule is CN=C(NCc1nnc2ccccn12)N1CCN(C(=O)Cc2cccc(Cl)c2)CC1.I. The van der Waals surface area contributed by atoms with Gasteiger partial charge in [0.1, 0.15) is 0 Å². The molecule has 0 saturated carbocycles. The number of fused-ring (bicyclic) bond motifs is 1. The molecule has 0 radical (unpaired) electrons. The number of amides is 1. The van der Waals surface area contributed by atoms with Gasteiger partial charge in [-0.25, -0.2) is 0 Å². The topological polar surface area (TPSA) is 78.1 Å². The van der Waals surface area contributed by atoms with Crippen molar-refractivity contribution in [3.8, 4) is 0 Å². The van der Waals surface area contributed by atoms with E-state index >= 15 is 0 Å². The zero-order chi connectivity index (χ0) is 20.9. The number of aliphatic imine (C=N–C) groups is 1. The summed E-state index contributed by atoms with van der Waals surface area (Å²) in [5, 5.41) is 12.4. The number of hydrogen-bond donors (Lipinski definition) is 1. The summed E-state index contributed by atoms with van der Waals surface area (Å²) in [4.78, 5) is 21.1. The summed E-state index contributed by atoms with van der Waals surface area (Å²) < 4.78 is 1.95. The van der Waals surface area contributed by atoms with Gasteiger partial charge in [0.05, 0.1) is 13.0 Å². The van der Waals surface area contributed by atoms with E-state index in [0.717, 1.165) is 36.1 Å². The number of carbonyl (C=O) groups is 1. The van der Waals surface area contributed by atoms with E-state index < -0.39 is 0 Å². The highest BCUT2D eigenvalue weighted by molar-refractivity contribution is 14.0. The van der Waals surface area contributed by atoms with Gasteiger partial charge in [0.15, 0.2) is 17.4 Å². The second-order valence-electron chi connectivity index (χ2n) is 7.12. The second-order valence-corrected chi connectivity index (χ2v) is 7.56. The maximum atomic E-state index is 12.6. The van der Waals surface area contributed by atoms with E-state index in [1.54, 1.807) is 7.05 Å². The number of hydrogen-bond acceptors (Lipinski definition) is 4. The zero-order valence-corrected chi connectivity index (χ0v) is 20.3. The fourth-order valence-electron chi connectivity index (χ4n) is 3.60. The van der Waals surface area contributed by atoms with Crippen LogP contribution in [0.1, 0.15) is 11.4 Å². The Hall–Kier alpha value is -2.40. The summed E-state index contributed by atoms with van der Waals surface area (Å²) >= 11 is 6.02. The molecular weight excluding hydrogens is 529 g/mol. The lowest BCUT2D eigenvalue weighted by Crippen LogP contribution is -2.54. The standard InChI is InChI=1S/C21H24ClN7O.HI/c1-23-21(24-15-19-26-25-18-7-2-3-8-29(18)19)28-11-9-27(10-12-28)20(30)14-16-5-4-6-17(22)13-16;/h2-8,13H,9-12,14-15H2,1H3,(H,23,24);1H. The summed E-state index contributed by atoms with van der Waals surface area (Å²) in [6, 6.07) is 13.3. The number of pyridine rings is 1. The summed E-state index contributed by atoms with van der Waals surface area (Å²) in [5.41, 5.74) is 1.75. The molecule has 10 heteroatoms. The highest BCUT2D eigenvalue weighted by Crippen LogP contribution is 2.13. The fraction of sp³-hybridized carbons (Fsp3) is 0.333. The molecular formula is C21H25ClIN7O. The van der Waals surface area contributed by atoms with Crippen LogP contribution in [0.25, 0.3) is 5.65 Å². The number of nitrogens with one attached hydrogen (secondary N) is 1. The minimum absolute atomic E-state index is 0. The molecule has 164 valence electrons. The molecule has 31 heavy (non-hydrogen) atoms. The maximum absolute atomic E-state index is 12.6. The Balaban J connectivity index is 0.00000272. The van der Waals surface area contributed by atoms with Crippen LogP contribution in [-0.4, -0.2) is 69.5 Å². The first-order chi connectivity index (χ1) is 14.6. The van der Waals surface area contributed by atoms with Crippen LogP contribution >= 0.6 is 35.6 Å². The molecule has 3 heterocycles. The molecule has 0 unspecified atom stereocenters. The van der Waals surface area contributed by atoms with Crippen molar-refractivity contribution in [3.63, 3.8) is 0 Å². The van der Waals surface area contributed by atoms with Crippen molar-refractivity contribution in [1.29, 1.82) is 0 Å². The van der Waals surface area contributed by atoms with Crippen molar-refractivity contribution in [2.75, 3.05) is 33.2 Å². The molecule has 1 fully saturated rings. The highest BCUT2D eigenvalue weighted by Gasteiger charge is 2.23. The van der Waals surface area contributed by atoms with Crippen LogP contribution in [0.3, 0.4) is 0 Å². The van der Waals surface area contributed by atoms with E-state index in [1.807, 2.05) is 58.0 Å². The van der Waals surface area contributed by atoms with Gasteiger partial charge in [0.25, 0.3) is 0 Å². The Morgan fingerprint density at radius 1 is 1.10 bits per heavy atom. The predicted molar refractivity (Wildman–Crippen MR) is 132 cm³/mol. The van der Waals surface area contributed by atoms with E-state index in [1.165, 1.54) is 0 Å². The number of piperazine rings is 1. The van der Waals surface area contributed by atoms with E-state index in [4.69, 9.17) is 11.6 Å². The van der Waals surface area contributed by atoms with E-state index in [9.17, 15) is 4.79 Å². The smallest absolute Gasteiger partial charge is 0.227 e. The van der Waals surface area contributed by atoms with Gasteiger partial charge in [-0.15, -0.1) is 34.2 Å². The van der Waals surface area contributed by atoms with Crippen molar-refractivity contribution in [1.82, 2.24) is 29.7 Å². The van der Waals surface area contributed by atoms with E-state index in [-0.39, 0.29) is 29.9 Å². The van der Waals surface area contributed by atoms with Crippen LogP contribution in [0.2, 0.25) is 5.02 Å². The largest absolute Gasteiger partial charge is 0.349 e.